The van der Waals surface area contributed by atoms with Crippen molar-refractivity contribution >= 4 is 11.6 Å². The number of aliphatic hydroxyl groups excluding tert-OH is 2. The lowest BCUT2D eigenvalue weighted by molar-refractivity contribution is -0.143. The fraction of sp³-hybridized carbons (Fsp3) is 0.379. The number of aromatic nitrogens is 4. The van der Waals surface area contributed by atoms with Gasteiger partial charge in [-0.3, -0.25) is 9.69 Å². The number of carbonyl (C=O) groups is 1. The quantitative estimate of drug-likeness (QED) is 0.339. The summed E-state index contributed by atoms with van der Waals surface area (Å²) in [5.74, 6) is -0.0829. The highest BCUT2D eigenvalue weighted by Crippen LogP contribution is 2.37. The first-order valence-electron chi connectivity index (χ1n) is 13.4. The highest BCUT2D eigenvalue weighted by Gasteiger charge is 2.40. The van der Waals surface area contributed by atoms with Crippen LogP contribution in [0.25, 0.3) is 16.9 Å². The van der Waals surface area contributed by atoms with Crippen LogP contribution in [-0.2, 0) is 12.8 Å². The zero-order chi connectivity index (χ0) is 30.2. The molecule has 1 fully saturated rings. The van der Waals surface area contributed by atoms with Gasteiger partial charge in [-0.25, -0.2) is 14.5 Å². The van der Waals surface area contributed by atoms with Crippen LogP contribution in [0, 0.1) is 6.92 Å². The van der Waals surface area contributed by atoms with Gasteiger partial charge in [-0.15, -0.1) is 0 Å². The Morgan fingerprint density at radius 2 is 1.90 bits per heavy atom. The largest absolute Gasteiger partial charge is 0.481 e. The second kappa shape index (κ2) is 11.7. The fourth-order valence-electron chi connectivity index (χ4n) is 5.57. The first kappa shape index (κ1) is 29.4. The zero-order valence-electron chi connectivity index (χ0n) is 23.3. The fourth-order valence-corrected chi connectivity index (χ4v) is 5.57. The van der Waals surface area contributed by atoms with Crippen molar-refractivity contribution in [1.29, 1.82) is 0 Å². The maximum atomic E-state index is 14.3. The summed E-state index contributed by atoms with van der Waals surface area (Å²) in [4.78, 5) is 26.2. The summed E-state index contributed by atoms with van der Waals surface area (Å²) in [5.41, 5.74) is 0.439. The van der Waals surface area contributed by atoms with E-state index in [1.165, 1.54) is 14.0 Å². The molecule has 1 aliphatic rings. The molecule has 1 aromatic carbocycles. The second-order valence-electron chi connectivity index (χ2n) is 10.2. The van der Waals surface area contributed by atoms with Gasteiger partial charge in [0.15, 0.2) is 11.3 Å². The second-order valence-corrected chi connectivity index (χ2v) is 10.2. The van der Waals surface area contributed by atoms with E-state index < -0.39 is 23.8 Å². The molecule has 42 heavy (non-hydrogen) atoms. The Morgan fingerprint density at radius 3 is 2.52 bits per heavy atom. The molecule has 1 amide bonds. The van der Waals surface area contributed by atoms with Gasteiger partial charge in [-0.2, -0.15) is 18.3 Å². The van der Waals surface area contributed by atoms with Crippen molar-refractivity contribution < 1.29 is 32.9 Å². The summed E-state index contributed by atoms with van der Waals surface area (Å²) in [6.45, 7) is 3.84. The maximum Gasteiger partial charge on any atom is 0.433 e. The van der Waals surface area contributed by atoms with E-state index in [4.69, 9.17) is 4.74 Å². The van der Waals surface area contributed by atoms with Crippen molar-refractivity contribution in [2.45, 2.75) is 38.7 Å². The number of aliphatic hydroxyl groups is 2. The smallest absolute Gasteiger partial charge is 0.433 e. The molecule has 2 N–H and O–H groups in total. The van der Waals surface area contributed by atoms with E-state index in [-0.39, 0.29) is 48.3 Å². The average molecular weight is 585 g/mol. The third kappa shape index (κ3) is 5.30. The molecule has 10 nitrogen and oxygen atoms in total. The number of halogens is 3. The molecule has 0 radical (unpaired) electrons. The maximum absolute atomic E-state index is 14.3. The average Bonchev–Trinajstić information content (AvgIpc) is 3.39. The van der Waals surface area contributed by atoms with Gasteiger partial charge in [0.2, 0.25) is 5.88 Å². The highest BCUT2D eigenvalue weighted by atomic mass is 19.4. The number of pyridine rings is 1. The molecule has 5 rings (SSSR count). The zero-order valence-corrected chi connectivity index (χ0v) is 23.3. The van der Waals surface area contributed by atoms with E-state index in [1.54, 1.807) is 41.4 Å². The van der Waals surface area contributed by atoms with Crippen LogP contribution < -0.4 is 4.74 Å². The number of piperazine rings is 1. The molecule has 0 unspecified atom stereocenters. The number of alkyl halides is 3. The van der Waals surface area contributed by atoms with E-state index in [0.29, 0.717) is 34.6 Å². The Balaban J connectivity index is 1.48. The SMILES string of the molecule is COc1ncccc1[C@@H](CO)N1CCN(C(=O)c2cnn3c(C(F)(F)F)c(C)c(-c4ccc(CO)cc4)nc23)[C@H](C)C1. The lowest BCUT2D eigenvalue weighted by Crippen LogP contribution is -2.55. The predicted molar refractivity (Wildman–Crippen MR) is 147 cm³/mol. The Labute approximate surface area is 240 Å². The Morgan fingerprint density at radius 1 is 1.17 bits per heavy atom. The number of fused-ring (bicyclic) bond motifs is 1. The number of benzene rings is 1. The minimum Gasteiger partial charge on any atom is -0.481 e. The normalized spacial score (nSPS) is 17.0. The monoisotopic (exact) mass is 584 g/mol. The number of hydrogen-bond donors (Lipinski definition) is 2. The third-order valence-corrected chi connectivity index (χ3v) is 7.68. The van der Waals surface area contributed by atoms with Crippen LogP contribution in [0.3, 0.4) is 0 Å². The lowest BCUT2D eigenvalue weighted by atomic mass is 10.0. The number of carbonyl (C=O) groups excluding carboxylic acids is 1. The first-order valence-corrected chi connectivity index (χ1v) is 13.4. The van der Waals surface area contributed by atoms with Crippen molar-refractivity contribution in [3.05, 3.63) is 76.7 Å². The van der Waals surface area contributed by atoms with E-state index in [0.717, 1.165) is 11.8 Å². The topological polar surface area (TPSA) is 116 Å². The van der Waals surface area contributed by atoms with Crippen LogP contribution in [0.4, 0.5) is 13.2 Å². The molecule has 13 heteroatoms. The highest BCUT2D eigenvalue weighted by molar-refractivity contribution is 6.00. The van der Waals surface area contributed by atoms with Gasteiger partial charge < -0.3 is 19.8 Å². The van der Waals surface area contributed by atoms with Gasteiger partial charge in [0.05, 0.1) is 38.3 Å². The van der Waals surface area contributed by atoms with Crippen LogP contribution in [0.2, 0.25) is 0 Å². The summed E-state index contributed by atoms with van der Waals surface area (Å²) in [6, 6.07) is 9.23. The van der Waals surface area contributed by atoms with Gasteiger partial charge in [-0.1, -0.05) is 30.3 Å². The molecule has 1 aliphatic heterocycles. The summed E-state index contributed by atoms with van der Waals surface area (Å²) < 4.78 is 49.0. The molecule has 0 bridgehead atoms. The molecule has 0 saturated carbocycles. The summed E-state index contributed by atoms with van der Waals surface area (Å²) in [6.07, 6.45) is -2.03. The van der Waals surface area contributed by atoms with Crippen molar-refractivity contribution in [2.75, 3.05) is 33.4 Å². The van der Waals surface area contributed by atoms with Gasteiger partial charge in [0.25, 0.3) is 5.91 Å². The molecule has 222 valence electrons. The molecule has 4 heterocycles. The number of rotatable bonds is 7. The van der Waals surface area contributed by atoms with Gasteiger partial charge in [0, 0.05) is 48.6 Å². The van der Waals surface area contributed by atoms with Crippen LogP contribution in [0.1, 0.15) is 45.7 Å². The van der Waals surface area contributed by atoms with Crippen molar-refractivity contribution in [1.82, 2.24) is 29.4 Å². The molecule has 0 aliphatic carbocycles. The Kier molecular flexibility index (Phi) is 8.17. The summed E-state index contributed by atoms with van der Waals surface area (Å²) >= 11 is 0. The van der Waals surface area contributed by atoms with Crippen molar-refractivity contribution in [3.63, 3.8) is 0 Å². The number of methoxy groups -OCH3 is 1. The minimum absolute atomic E-state index is 0.0401. The Hall–Kier alpha value is -4.07. The molecule has 1 saturated heterocycles. The van der Waals surface area contributed by atoms with E-state index in [1.807, 2.05) is 17.9 Å². The molecular formula is C29H31F3N6O4. The van der Waals surface area contributed by atoms with Crippen LogP contribution in [0.5, 0.6) is 5.88 Å². The molecular weight excluding hydrogens is 553 g/mol. The van der Waals surface area contributed by atoms with Gasteiger partial charge in [-0.05, 0) is 25.5 Å². The molecule has 3 aromatic heterocycles. The van der Waals surface area contributed by atoms with Gasteiger partial charge in [0.1, 0.15) is 5.56 Å². The van der Waals surface area contributed by atoms with E-state index in [9.17, 15) is 28.2 Å². The molecule has 4 aromatic rings. The van der Waals surface area contributed by atoms with Crippen LogP contribution >= 0.6 is 0 Å². The van der Waals surface area contributed by atoms with Crippen molar-refractivity contribution in [3.8, 4) is 17.1 Å². The van der Waals surface area contributed by atoms with Crippen molar-refractivity contribution in [2.24, 2.45) is 0 Å². The molecule has 2 atom stereocenters. The lowest BCUT2D eigenvalue weighted by Gasteiger charge is -2.43. The standard InChI is InChI=1S/C29H31F3N6O4/c1-17-14-36(23(16-40)21-5-4-10-33-27(21)42-3)11-12-37(17)28(41)22-13-34-38-25(29(30,31)32)18(2)24(35-26(22)38)20-8-6-19(15-39)7-9-20/h4-10,13,17,23,39-40H,11-12,14-16H2,1-3H3/t17-,23-/m1/s1. The van der Waals surface area contributed by atoms with Gasteiger partial charge >= 0.3 is 6.18 Å². The molecule has 0 spiro atoms. The van der Waals surface area contributed by atoms with E-state index in [2.05, 4.69) is 15.1 Å². The Bertz CT molecular complexity index is 1590. The number of amides is 1. The number of nitrogens with zero attached hydrogens (tertiary/aromatic N) is 6. The minimum atomic E-state index is -4.76. The summed E-state index contributed by atoms with van der Waals surface area (Å²) in [5, 5.41) is 23.5. The number of ether oxygens (including phenoxy) is 1. The van der Waals surface area contributed by atoms with Crippen LogP contribution in [-0.4, -0.2) is 84.9 Å². The predicted octanol–water partition coefficient (Wildman–Crippen LogP) is 3.50. The summed E-state index contributed by atoms with van der Waals surface area (Å²) in [7, 11) is 1.50. The van der Waals surface area contributed by atoms with E-state index >= 15 is 0 Å². The third-order valence-electron chi connectivity index (χ3n) is 7.68. The number of hydrogen-bond acceptors (Lipinski definition) is 8. The first-order chi connectivity index (χ1) is 20.1. The van der Waals surface area contributed by atoms with Crippen LogP contribution in [0.15, 0.2) is 48.8 Å².